The zero-order chi connectivity index (χ0) is 11.3. The molecule has 15 heavy (non-hydrogen) atoms. The molecule has 3 aliphatic carbocycles. The van der Waals surface area contributed by atoms with Crippen LogP contribution in [-0.2, 0) is 9.53 Å². The Morgan fingerprint density at radius 2 is 2.07 bits per heavy atom. The Hall–Kier alpha value is -0.530. The molecule has 3 unspecified atom stereocenters. The number of ether oxygens (including phenoxy) is 1. The minimum Gasteiger partial charge on any atom is -0.465 e. The molecule has 3 fully saturated rings. The van der Waals surface area contributed by atoms with E-state index < -0.39 is 0 Å². The van der Waals surface area contributed by atoms with Gasteiger partial charge in [0.1, 0.15) is 0 Å². The quantitative estimate of drug-likeness (QED) is 0.655. The molecular formula is C13H22O2. The molecule has 3 rings (SSSR count). The highest BCUT2D eigenvalue weighted by Crippen LogP contribution is 2.69. The molecule has 0 radical (unpaired) electrons. The summed E-state index contributed by atoms with van der Waals surface area (Å²) in [4.78, 5) is 10.9. The molecule has 3 aliphatic rings. The predicted octanol–water partition coefficient (Wildman–Crippen LogP) is 3.01. The lowest BCUT2D eigenvalue weighted by atomic mass is 9.37. The summed E-state index contributed by atoms with van der Waals surface area (Å²) >= 11 is 0. The van der Waals surface area contributed by atoms with Crippen molar-refractivity contribution in [1.29, 1.82) is 0 Å². The number of rotatable bonds is 2. The minimum atomic E-state index is -0.138. The zero-order valence-corrected chi connectivity index (χ0v) is 10.3. The number of carbonyl (C=O) groups is 1. The van der Waals surface area contributed by atoms with Gasteiger partial charge < -0.3 is 4.74 Å². The second-order valence-electron chi connectivity index (χ2n) is 6.04. The van der Waals surface area contributed by atoms with Crippen LogP contribution in [0.15, 0.2) is 0 Å². The maximum atomic E-state index is 10.9. The monoisotopic (exact) mass is 210 g/mol. The molecule has 3 saturated carbocycles. The summed E-state index contributed by atoms with van der Waals surface area (Å²) in [7, 11) is 0. The van der Waals surface area contributed by atoms with Crippen LogP contribution in [0.25, 0.3) is 0 Å². The molecule has 0 amide bonds. The van der Waals surface area contributed by atoms with Gasteiger partial charge >= 0.3 is 5.97 Å². The van der Waals surface area contributed by atoms with Crippen molar-refractivity contribution in [2.75, 3.05) is 6.61 Å². The van der Waals surface area contributed by atoms with E-state index in [9.17, 15) is 4.79 Å². The van der Waals surface area contributed by atoms with E-state index in [0.717, 1.165) is 5.92 Å². The average Bonchev–Trinajstić information content (AvgIpc) is 2.15. The Morgan fingerprint density at radius 3 is 2.53 bits per heavy atom. The third-order valence-corrected chi connectivity index (χ3v) is 5.34. The molecule has 0 aromatic carbocycles. The maximum absolute atomic E-state index is 10.9. The van der Waals surface area contributed by atoms with Crippen molar-refractivity contribution in [3.05, 3.63) is 0 Å². The van der Waals surface area contributed by atoms with Gasteiger partial charge in [0.15, 0.2) is 0 Å². The molecular weight excluding hydrogens is 188 g/mol. The first-order chi connectivity index (χ1) is 6.90. The van der Waals surface area contributed by atoms with Crippen molar-refractivity contribution in [2.45, 2.75) is 47.0 Å². The van der Waals surface area contributed by atoms with Crippen LogP contribution < -0.4 is 0 Å². The van der Waals surface area contributed by atoms with Crippen molar-refractivity contribution in [2.24, 2.45) is 22.7 Å². The highest BCUT2D eigenvalue weighted by atomic mass is 16.5. The minimum absolute atomic E-state index is 0.138. The lowest BCUT2D eigenvalue weighted by Gasteiger charge is -2.68. The largest absolute Gasteiger partial charge is 0.465 e. The van der Waals surface area contributed by atoms with Gasteiger partial charge in [-0.1, -0.05) is 20.8 Å². The molecule has 2 heteroatoms. The molecule has 2 nitrogen and oxygen atoms in total. The highest BCUT2D eigenvalue weighted by Gasteiger charge is 2.64. The molecule has 0 aliphatic heterocycles. The fourth-order valence-electron chi connectivity index (χ4n) is 3.88. The Kier molecular flexibility index (Phi) is 2.36. The van der Waals surface area contributed by atoms with E-state index in [1.165, 1.54) is 26.2 Å². The second-order valence-corrected chi connectivity index (χ2v) is 6.04. The Morgan fingerprint density at radius 1 is 1.40 bits per heavy atom. The SMILES string of the molecule is CC(=O)OCC12CC(CCC1C)C2(C)C. The molecule has 2 bridgehead atoms. The van der Waals surface area contributed by atoms with Gasteiger partial charge in [-0.2, -0.15) is 0 Å². The maximum Gasteiger partial charge on any atom is 0.302 e. The summed E-state index contributed by atoms with van der Waals surface area (Å²) in [5.74, 6) is 1.41. The van der Waals surface area contributed by atoms with Crippen molar-refractivity contribution >= 4 is 5.97 Å². The van der Waals surface area contributed by atoms with E-state index >= 15 is 0 Å². The van der Waals surface area contributed by atoms with Crippen molar-refractivity contribution in [3.8, 4) is 0 Å². The lowest BCUT2D eigenvalue weighted by molar-refractivity contribution is -0.222. The summed E-state index contributed by atoms with van der Waals surface area (Å²) < 4.78 is 5.29. The van der Waals surface area contributed by atoms with Crippen LogP contribution in [0, 0.1) is 22.7 Å². The molecule has 0 spiro atoms. The van der Waals surface area contributed by atoms with Gasteiger partial charge in [-0.3, -0.25) is 4.79 Å². The van der Waals surface area contributed by atoms with Gasteiger partial charge in [-0.05, 0) is 36.5 Å². The van der Waals surface area contributed by atoms with Crippen molar-refractivity contribution < 1.29 is 9.53 Å². The third kappa shape index (κ3) is 1.33. The van der Waals surface area contributed by atoms with Gasteiger partial charge in [0.25, 0.3) is 0 Å². The van der Waals surface area contributed by atoms with E-state index in [-0.39, 0.29) is 11.4 Å². The van der Waals surface area contributed by atoms with Gasteiger partial charge in [0, 0.05) is 12.3 Å². The highest BCUT2D eigenvalue weighted by molar-refractivity contribution is 5.66. The zero-order valence-electron chi connectivity index (χ0n) is 10.3. The first-order valence-corrected chi connectivity index (χ1v) is 6.03. The molecule has 0 saturated heterocycles. The van der Waals surface area contributed by atoms with E-state index in [2.05, 4.69) is 20.8 Å². The Balaban J connectivity index is 2.13. The Labute approximate surface area is 92.4 Å². The first kappa shape index (κ1) is 11.0. The van der Waals surface area contributed by atoms with Crippen LogP contribution in [0.1, 0.15) is 47.0 Å². The van der Waals surface area contributed by atoms with E-state index in [4.69, 9.17) is 4.74 Å². The molecule has 86 valence electrons. The Bertz CT molecular complexity index is 282. The topological polar surface area (TPSA) is 26.3 Å². The summed E-state index contributed by atoms with van der Waals surface area (Å²) in [6.07, 6.45) is 3.92. The van der Waals surface area contributed by atoms with Crippen LogP contribution in [-0.4, -0.2) is 12.6 Å². The molecule has 0 aromatic heterocycles. The van der Waals surface area contributed by atoms with Gasteiger partial charge in [0.05, 0.1) is 6.61 Å². The normalized spacial score (nSPS) is 41.9. The molecule has 0 N–H and O–H groups in total. The number of hydrogen-bond acceptors (Lipinski definition) is 2. The van der Waals surface area contributed by atoms with E-state index in [1.54, 1.807) is 0 Å². The van der Waals surface area contributed by atoms with E-state index in [0.29, 0.717) is 17.9 Å². The standard InChI is InChI=1S/C13H22O2/c1-9-5-6-11-7-13(9,12(11,3)4)8-15-10(2)14/h9,11H,5-8H2,1-4H3. The van der Waals surface area contributed by atoms with Crippen molar-refractivity contribution in [1.82, 2.24) is 0 Å². The summed E-state index contributed by atoms with van der Waals surface area (Å²) in [6, 6.07) is 0. The van der Waals surface area contributed by atoms with Crippen LogP contribution in [0.3, 0.4) is 0 Å². The molecule has 3 atom stereocenters. The fraction of sp³-hybridized carbons (Fsp3) is 0.923. The summed E-state index contributed by atoms with van der Waals surface area (Å²) in [5, 5.41) is 0. The van der Waals surface area contributed by atoms with Gasteiger partial charge in [0.2, 0.25) is 0 Å². The smallest absolute Gasteiger partial charge is 0.302 e. The third-order valence-electron chi connectivity index (χ3n) is 5.34. The summed E-state index contributed by atoms with van der Waals surface area (Å²) in [6.45, 7) is 9.15. The van der Waals surface area contributed by atoms with Gasteiger partial charge in [-0.25, -0.2) is 0 Å². The summed E-state index contributed by atoms with van der Waals surface area (Å²) in [5.41, 5.74) is 0.627. The van der Waals surface area contributed by atoms with Gasteiger partial charge in [-0.15, -0.1) is 0 Å². The van der Waals surface area contributed by atoms with Crippen LogP contribution in [0.2, 0.25) is 0 Å². The van der Waals surface area contributed by atoms with Crippen LogP contribution in [0.4, 0.5) is 0 Å². The number of hydrogen-bond donors (Lipinski definition) is 0. The number of fused-ring (bicyclic) bond motifs is 2. The van der Waals surface area contributed by atoms with E-state index in [1.807, 2.05) is 0 Å². The molecule has 0 aromatic rings. The predicted molar refractivity (Wildman–Crippen MR) is 59.4 cm³/mol. The lowest BCUT2D eigenvalue weighted by Crippen LogP contribution is -2.63. The first-order valence-electron chi connectivity index (χ1n) is 6.03. The van der Waals surface area contributed by atoms with Crippen LogP contribution >= 0.6 is 0 Å². The second kappa shape index (κ2) is 3.23. The number of carbonyl (C=O) groups excluding carboxylic acids is 1. The number of esters is 1. The average molecular weight is 210 g/mol. The van der Waals surface area contributed by atoms with Crippen molar-refractivity contribution in [3.63, 3.8) is 0 Å². The fourth-order valence-corrected chi connectivity index (χ4v) is 3.88. The molecule has 0 heterocycles. The van der Waals surface area contributed by atoms with Crippen LogP contribution in [0.5, 0.6) is 0 Å².